The Morgan fingerprint density at radius 1 is 0.583 bits per heavy atom. The van der Waals surface area contributed by atoms with Crippen LogP contribution in [0.4, 0.5) is 0 Å². The van der Waals surface area contributed by atoms with Crippen molar-refractivity contribution in [2.45, 2.75) is 140 Å². The Labute approximate surface area is 368 Å². The number of thiazole rings is 1. The Morgan fingerprint density at radius 3 is 1.53 bits per heavy atom. The van der Waals surface area contributed by atoms with Crippen LogP contribution in [0.2, 0.25) is 0 Å². The number of likely N-dealkylation sites (tertiary alicyclic amines) is 1. The topological polar surface area (TPSA) is 93.1 Å². The van der Waals surface area contributed by atoms with E-state index in [0.29, 0.717) is 17.8 Å². The van der Waals surface area contributed by atoms with E-state index in [9.17, 15) is 0 Å². The number of benzene rings is 1. The molecule has 3 aliphatic rings. The van der Waals surface area contributed by atoms with Crippen LogP contribution < -0.4 is 0 Å². The Bertz CT molecular complexity index is 1600. The summed E-state index contributed by atoms with van der Waals surface area (Å²) < 4.78 is 20.8. The molecule has 4 aromatic rings. The van der Waals surface area contributed by atoms with Crippen molar-refractivity contribution < 1.29 is 18.5 Å². The van der Waals surface area contributed by atoms with E-state index in [-0.39, 0.29) is 0 Å². The Kier molecular flexibility index (Phi) is 24.5. The van der Waals surface area contributed by atoms with E-state index in [1.165, 1.54) is 66.3 Å². The quantitative estimate of drug-likeness (QED) is 0.145. The molecule has 6 heterocycles. The predicted octanol–water partition coefficient (Wildman–Crippen LogP) is 11.2. The number of hydrogen-bond acceptors (Lipinski definition) is 11. The minimum atomic E-state index is 0.437. The molecule has 3 aromatic heterocycles. The molecule has 0 N–H and O–H groups in total. The molecule has 3 saturated heterocycles. The average Bonchev–Trinajstić information content (AvgIpc) is 3.99. The van der Waals surface area contributed by atoms with Crippen molar-refractivity contribution in [1.82, 2.24) is 30.0 Å². The van der Waals surface area contributed by atoms with Crippen molar-refractivity contribution in [2.24, 2.45) is 11.8 Å². The number of aromatic nitrogens is 3. The minimum Gasteiger partial charge on any atom is -0.379 e. The van der Waals surface area contributed by atoms with Gasteiger partial charge in [0.05, 0.1) is 49.4 Å². The van der Waals surface area contributed by atoms with E-state index in [2.05, 4.69) is 130 Å². The van der Waals surface area contributed by atoms with E-state index < -0.39 is 0 Å². The largest absolute Gasteiger partial charge is 0.379 e. The maximum atomic E-state index is 5.36. The lowest BCUT2D eigenvalue weighted by molar-refractivity contribution is 0.0305. The van der Waals surface area contributed by atoms with Gasteiger partial charge in [0.15, 0.2) is 5.76 Å². The summed E-state index contributed by atoms with van der Waals surface area (Å²) in [5.74, 6) is 4.98. The molecule has 11 heteroatoms. The minimum absolute atomic E-state index is 0.437. The molecule has 3 fully saturated rings. The molecule has 0 saturated carbocycles. The van der Waals surface area contributed by atoms with Gasteiger partial charge in [0, 0.05) is 62.5 Å². The molecule has 1 aromatic carbocycles. The molecule has 0 atom stereocenters. The summed E-state index contributed by atoms with van der Waals surface area (Å²) in [6.07, 6.45) is 7.44. The molecule has 3 aliphatic heterocycles. The lowest BCUT2D eigenvalue weighted by Crippen LogP contribution is -2.35. The maximum Gasteiger partial charge on any atom is 0.150 e. The first-order valence-corrected chi connectivity index (χ1v) is 23.7. The van der Waals surface area contributed by atoms with Gasteiger partial charge in [-0.2, -0.15) is 0 Å². The van der Waals surface area contributed by atoms with Gasteiger partial charge in [0.2, 0.25) is 0 Å². The molecule has 0 spiro atoms. The molecule has 0 unspecified atom stereocenters. The number of piperidine rings is 1. The van der Waals surface area contributed by atoms with Crippen LogP contribution in [-0.2, 0) is 29.0 Å². The van der Waals surface area contributed by atoms with Crippen LogP contribution in [0.25, 0.3) is 0 Å². The van der Waals surface area contributed by atoms with Crippen molar-refractivity contribution in [3.8, 4) is 0 Å². The highest BCUT2D eigenvalue weighted by atomic mass is 32.1. The third-order valence-electron chi connectivity index (χ3n) is 10.3. The number of hydrogen-bond donors (Lipinski definition) is 0. The van der Waals surface area contributed by atoms with Gasteiger partial charge < -0.3 is 23.4 Å². The van der Waals surface area contributed by atoms with E-state index in [1.807, 2.05) is 26.1 Å². The van der Waals surface area contributed by atoms with Crippen molar-refractivity contribution in [3.05, 3.63) is 86.5 Å². The zero-order chi connectivity index (χ0) is 43.9. The summed E-state index contributed by atoms with van der Waals surface area (Å²) in [5, 5.41) is 9.05. The fourth-order valence-electron chi connectivity index (χ4n) is 6.89. The summed E-state index contributed by atoms with van der Waals surface area (Å²) in [6, 6.07) is 13.1. The second kappa shape index (κ2) is 28.6. The van der Waals surface area contributed by atoms with E-state index >= 15 is 0 Å². The lowest BCUT2D eigenvalue weighted by Gasteiger charge is -2.27. The molecule has 338 valence electrons. The first-order valence-electron chi connectivity index (χ1n) is 22.9. The van der Waals surface area contributed by atoms with Crippen molar-refractivity contribution >= 4 is 11.3 Å². The summed E-state index contributed by atoms with van der Waals surface area (Å²) in [6.45, 7) is 39.3. The van der Waals surface area contributed by atoms with Crippen LogP contribution in [0, 0.1) is 25.7 Å². The highest BCUT2D eigenvalue weighted by molar-refractivity contribution is 7.11. The molecular formula is C49H82N6O4S. The van der Waals surface area contributed by atoms with Crippen molar-refractivity contribution in [2.75, 3.05) is 72.2 Å². The summed E-state index contributed by atoms with van der Waals surface area (Å²) in [7, 11) is 0. The highest BCUT2D eigenvalue weighted by Gasteiger charge is 2.15. The van der Waals surface area contributed by atoms with Gasteiger partial charge in [-0.25, -0.2) is 4.98 Å². The standard InChI is InChI=1S/C15H23NO.C11H18N2O2.C9H19N.C7H11NO.C7H11NS/c1-13(2)11-14-3-5-15(6-4-14)12-16-7-9-17-10-8-16;1-9(2)11-7-10(15-12-11)8-13-3-5-14-6-4-13;1-9(2)8-10-6-4-3-5-7-10;1-5(2)7-4-6(3)9-8-7;1-5(2)7-4-8-6(3)9-7/h3-6,13H,7-12H2,1-2H3;7,9H,3-6,8H2,1-2H3;9H,3-8H2,1-2H3;2*4-5H,1-3H3. The van der Waals surface area contributed by atoms with Crippen LogP contribution >= 0.6 is 11.3 Å². The van der Waals surface area contributed by atoms with Crippen LogP contribution in [0.5, 0.6) is 0 Å². The van der Waals surface area contributed by atoms with Crippen molar-refractivity contribution in [3.63, 3.8) is 0 Å². The van der Waals surface area contributed by atoms with Crippen LogP contribution in [0.15, 0.2) is 51.6 Å². The Hall–Kier alpha value is -2.93. The van der Waals surface area contributed by atoms with Gasteiger partial charge in [-0.1, -0.05) is 110 Å². The van der Waals surface area contributed by atoms with Gasteiger partial charge in [-0.15, -0.1) is 11.3 Å². The second-order valence-electron chi connectivity index (χ2n) is 18.3. The van der Waals surface area contributed by atoms with Crippen LogP contribution in [0.3, 0.4) is 0 Å². The molecule has 10 nitrogen and oxygen atoms in total. The number of rotatable bonds is 11. The zero-order valence-electron chi connectivity index (χ0n) is 39.7. The first kappa shape index (κ1) is 51.4. The van der Waals surface area contributed by atoms with Gasteiger partial charge in [0.25, 0.3) is 0 Å². The SMILES string of the molecule is CC(C)CN1CCCCC1.CC(C)Cc1ccc(CN2CCOCC2)cc1.CC(C)c1cc(CN2CCOCC2)on1.Cc1cc(C(C)C)no1.Cc1ncc(C(C)C)s1. The second-order valence-corrected chi connectivity index (χ2v) is 19.5. The lowest BCUT2D eigenvalue weighted by atomic mass is 10.0. The molecule has 0 bridgehead atoms. The normalized spacial score (nSPS) is 16.5. The molecule has 7 rings (SSSR count). The van der Waals surface area contributed by atoms with Gasteiger partial charge in [0.1, 0.15) is 5.76 Å². The summed E-state index contributed by atoms with van der Waals surface area (Å²) >= 11 is 1.78. The fourth-order valence-corrected chi connectivity index (χ4v) is 7.67. The van der Waals surface area contributed by atoms with Gasteiger partial charge in [-0.05, 0) is 86.9 Å². The fraction of sp³-hybridized carbons (Fsp3) is 0.694. The van der Waals surface area contributed by atoms with E-state index in [4.69, 9.17) is 18.5 Å². The molecule has 60 heavy (non-hydrogen) atoms. The average molecular weight is 851 g/mol. The third-order valence-corrected chi connectivity index (χ3v) is 11.6. The monoisotopic (exact) mass is 851 g/mol. The van der Waals surface area contributed by atoms with Gasteiger partial charge in [-0.3, -0.25) is 9.80 Å². The molecule has 0 radical (unpaired) electrons. The molecule has 0 amide bonds. The predicted molar refractivity (Wildman–Crippen MR) is 249 cm³/mol. The summed E-state index contributed by atoms with van der Waals surface area (Å²) in [5.41, 5.74) is 4.94. The summed E-state index contributed by atoms with van der Waals surface area (Å²) in [4.78, 5) is 12.9. The maximum absolute atomic E-state index is 5.36. The Balaban J connectivity index is 0.000000206. The van der Waals surface area contributed by atoms with Crippen LogP contribution in [0.1, 0.15) is 150 Å². The van der Waals surface area contributed by atoms with Crippen LogP contribution in [-0.4, -0.2) is 102 Å². The number of nitrogens with zero attached hydrogens (tertiary/aromatic N) is 6. The number of ether oxygens (including phenoxy) is 2. The first-order chi connectivity index (χ1) is 28.7. The molecular weight excluding hydrogens is 769 g/mol. The van der Waals surface area contributed by atoms with E-state index in [0.717, 1.165) is 100 Å². The van der Waals surface area contributed by atoms with Gasteiger partial charge >= 0.3 is 0 Å². The highest BCUT2D eigenvalue weighted by Crippen LogP contribution is 2.21. The smallest absolute Gasteiger partial charge is 0.150 e. The number of morpholine rings is 2. The zero-order valence-corrected chi connectivity index (χ0v) is 40.5. The Morgan fingerprint density at radius 2 is 1.12 bits per heavy atom. The third kappa shape index (κ3) is 21.7. The van der Waals surface area contributed by atoms with Crippen molar-refractivity contribution in [1.29, 1.82) is 0 Å². The molecule has 0 aliphatic carbocycles. The number of aryl methyl sites for hydroxylation is 2. The van der Waals surface area contributed by atoms with E-state index in [1.54, 1.807) is 11.3 Å².